The SMILES string of the molecule is CCC1Nc2ccccc2N1c1ccc(C2C=C(c3cccc4ccccc34)C3=C(c4cccc5cccc3c45)C2C2C=CC=C3C=CC=CC32)cc1. The van der Waals surface area contributed by atoms with E-state index in [-0.39, 0.29) is 18.0 Å². The number of anilines is 3. The van der Waals surface area contributed by atoms with Gasteiger partial charge in [-0.15, -0.1) is 0 Å². The van der Waals surface area contributed by atoms with Crippen molar-refractivity contribution in [2.75, 3.05) is 10.2 Å². The monoisotopic (exact) mass is 680 g/mol. The van der Waals surface area contributed by atoms with Crippen molar-refractivity contribution in [1.29, 1.82) is 0 Å². The minimum absolute atomic E-state index is 0.153. The number of para-hydroxylation sites is 2. The number of rotatable bonds is 5. The highest BCUT2D eigenvalue weighted by Crippen LogP contribution is 2.61. The molecule has 1 heterocycles. The van der Waals surface area contributed by atoms with Gasteiger partial charge in [0, 0.05) is 23.4 Å². The van der Waals surface area contributed by atoms with E-state index >= 15 is 0 Å². The molecule has 11 rings (SSSR count). The molecule has 53 heavy (non-hydrogen) atoms. The molecule has 0 radical (unpaired) electrons. The van der Waals surface area contributed by atoms with Crippen LogP contribution in [0.3, 0.4) is 0 Å². The molecule has 6 aromatic carbocycles. The van der Waals surface area contributed by atoms with Gasteiger partial charge in [-0.3, -0.25) is 0 Å². The maximum atomic E-state index is 3.75. The molecule has 254 valence electrons. The largest absolute Gasteiger partial charge is 0.363 e. The normalized spacial score (nSPS) is 23.5. The Morgan fingerprint density at radius 2 is 1.40 bits per heavy atom. The van der Waals surface area contributed by atoms with Gasteiger partial charge in [0.05, 0.1) is 11.4 Å². The average Bonchev–Trinajstić information content (AvgIpc) is 3.77. The molecule has 0 saturated carbocycles. The van der Waals surface area contributed by atoms with E-state index in [0.29, 0.717) is 11.8 Å². The first-order valence-corrected chi connectivity index (χ1v) is 19.2. The molecule has 6 aromatic rings. The number of allylic oxidation sites excluding steroid dienone is 12. The van der Waals surface area contributed by atoms with Crippen molar-refractivity contribution in [1.82, 2.24) is 0 Å². The van der Waals surface area contributed by atoms with Crippen LogP contribution in [0.2, 0.25) is 0 Å². The number of benzene rings is 6. The lowest BCUT2D eigenvalue weighted by atomic mass is 9.61. The van der Waals surface area contributed by atoms with Crippen LogP contribution < -0.4 is 10.2 Å². The number of hydrogen-bond donors (Lipinski definition) is 1. The van der Waals surface area contributed by atoms with Gasteiger partial charge in [0.1, 0.15) is 6.17 Å². The highest BCUT2D eigenvalue weighted by molar-refractivity contribution is 6.28. The molecule has 0 bridgehead atoms. The van der Waals surface area contributed by atoms with Gasteiger partial charge in [0.2, 0.25) is 0 Å². The van der Waals surface area contributed by atoms with Crippen molar-refractivity contribution in [2.45, 2.75) is 25.4 Å². The summed E-state index contributed by atoms with van der Waals surface area (Å²) in [6.45, 7) is 2.26. The molecule has 2 heteroatoms. The number of nitrogens with zero attached hydrogens (tertiary/aromatic N) is 1. The predicted octanol–water partition coefficient (Wildman–Crippen LogP) is 12.9. The quantitative estimate of drug-likeness (QED) is 0.195. The molecule has 5 aliphatic rings. The fraction of sp³-hybridized carbons (Fsp3) is 0.137. The molecule has 0 amide bonds. The van der Waals surface area contributed by atoms with E-state index in [1.807, 2.05) is 0 Å². The zero-order valence-electron chi connectivity index (χ0n) is 29.8. The van der Waals surface area contributed by atoms with Crippen molar-refractivity contribution in [3.63, 3.8) is 0 Å². The maximum Gasteiger partial charge on any atom is 0.104 e. The molecule has 2 nitrogen and oxygen atoms in total. The summed E-state index contributed by atoms with van der Waals surface area (Å²) < 4.78 is 0. The molecular formula is C51H40N2. The fourth-order valence-electron chi connectivity index (χ4n) is 10.2. The van der Waals surface area contributed by atoms with Gasteiger partial charge in [-0.2, -0.15) is 0 Å². The van der Waals surface area contributed by atoms with Crippen LogP contribution in [-0.4, -0.2) is 6.17 Å². The minimum Gasteiger partial charge on any atom is -0.363 e. The molecule has 5 unspecified atom stereocenters. The first-order valence-electron chi connectivity index (χ1n) is 19.2. The van der Waals surface area contributed by atoms with Gasteiger partial charge in [0.25, 0.3) is 0 Å². The van der Waals surface area contributed by atoms with E-state index in [1.54, 1.807) is 0 Å². The van der Waals surface area contributed by atoms with E-state index in [9.17, 15) is 0 Å². The summed E-state index contributed by atoms with van der Waals surface area (Å²) in [7, 11) is 0. The Morgan fingerprint density at radius 1 is 0.642 bits per heavy atom. The van der Waals surface area contributed by atoms with Crippen molar-refractivity contribution in [3.8, 4) is 0 Å². The Balaban J connectivity index is 1.14. The molecule has 0 saturated heterocycles. The molecule has 0 spiro atoms. The molecule has 0 fully saturated rings. The van der Waals surface area contributed by atoms with E-state index in [0.717, 1.165) is 6.42 Å². The van der Waals surface area contributed by atoms with Crippen LogP contribution in [0.5, 0.6) is 0 Å². The maximum absolute atomic E-state index is 3.75. The Hall–Kier alpha value is -6.12. The van der Waals surface area contributed by atoms with Gasteiger partial charge in [-0.25, -0.2) is 0 Å². The van der Waals surface area contributed by atoms with E-state index in [2.05, 4.69) is 193 Å². The Labute approximate surface area is 311 Å². The lowest BCUT2D eigenvalue weighted by Crippen LogP contribution is -2.31. The fourth-order valence-corrected chi connectivity index (χ4v) is 10.2. The van der Waals surface area contributed by atoms with Crippen LogP contribution >= 0.6 is 0 Å². The van der Waals surface area contributed by atoms with E-state index in [1.165, 1.54) is 83.2 Å². The summed E-state index contributed by atoms with van der Waals surface area (Å²) in [5.74, 6) is 0.991. The van der Waals surface area contributed by atoms with Crippen molar-refractivity contribution >= 4 is 55.3 Å². The molecule has 0 aromatic heterocycles. The van der Waals surface area contributed by atoms with Crippen LogP contribution in [0.15, 0.2) is 182 Å². The van der Waals surface area contributed by atoms with Crippen molar-refractivity contribution in [3.05, 3.63) is 204 Å². The summed E-state index contributed by atoms with van der Waals surface area (Å²) in [5.41, 5.74) is 14.8. The van der Waals surface area contributed by atoms with Gasteiger partial charge >= 0.3 is 0 Å². The van der Waals surface area contributed by atoms with Crippen LogP contribution in [0.4, 0.5) is 17.1 Å². The van der Waals surface area contributed by atoms with Crippen molar-refractivity contribution in [2.24, 2.45) is 17.8 Å². The molecular weight excluding hydrogens is 641 g/mol. The number of fused-ring (bicyclic) bond motifs is 5. The smallest absolute Gasteiger partial charge is 0.104 e. The van der Waals surface area contributed by atoms with Gasteiger partial charge in [-0.1, -0.05) is 159 Å². The molecule has 1 aliphatic heterocycles. The zero-order valence-corrected chi connectivity index (χ0v) is 29.8. The number of nitrogens with one attached hydrogen (secondary N) is 1. The summed E-state index contributed by atoms with van der Waals surface area (Å²) in [5, 5.41) is 9.05. The first kappa shape index (κ1) is 30.5. The van der Waals surface area contributed by atoms with Crippen LogP contribution in [-0.2, 0) is 0 Å². The average molecular weight is 681 g/mol. The second-order valence-electron chi connectivity index (χ2n) is 15.1. The first-order chi connectivity index (χ1) is 26.3. The summed E-state index contributed by atoms with van der Waals surface area (Å²) >= 11 is 0. The predicted molar refractivity (Wildman–Crippen MR) is 224 cm³/mol. The number of hydrogen-bond acceptors (Lipinski definition) is 2. The Morgan fingerprint density at radius 3 is 2.26 bits per heavy atom. The van der Waals surface area contributed by atoms with Crippen LogP contribution in [0, 0.1) is 17.8 Å². The summed E-state index contributed by atoms with van der Waals surface area (Å²) in [4.78, 5) is 2.48. The van der Waals surface area contributed by atoms with Gasteiger partial charge in [-0.05, 0) is 103 Å². The van der Waals surface area contributed by atoms with Crippen molar-refractivity contribution < 1.29 is 0 Å². The molecule has 4 aliphatic carbocycles. The lowest BCUT2D eigenvalue weighted by Gasteiger charge is -2.42. The second kappa shape index (κ2) is 12.0. The molecule has 5 atom stereocenters. The third kappa shape index (κ3) is 4.58. The van der Waals surface area contributed by atoms with Gasteiger partial charge in [0.15, 0.2) is 0 Å². The lowest BCUT2D eigenvalue weighted by molar-refractivity contribution is 0.389. The van der Waals surface area contributed by atoms with Gasteiger partial charge < -0.3 is 10.2 Å². The molecule has 1 N–H and O–H groups in total. The highest BCUT2D eigenvalue weighted by atomic mass is 15.3. The van der Waals surface area contributed by atoms with E-state index < -0.39 is 0 Å². The topological polar surface area (TPSA) is 15.3 Å². The highest BCUT2D eigenvalue weighted by Gasteiger charge is 2.44. The zero-order chi connectivity index (χ0) is 35.0. The third-order valence-electron chi connectivity index (χ3n) is 12.4. The summed E-state index contributed by atoms with van der Waals surface area (Å²) in [6.07, 6.45) is 20.2. The minimum atomic E-state index is 0.153. The van der Waals surface area contributed by atoms with E-state index in [4.69, 9.17) is 0 Å². The van der Waals surface area contributed by atoms with Crippen LogP contribution in [0.1, 0.15) is 41.5 Å². The van der Waals surface area contributed by atoms with Crippen LogP contribution in [0.25, 0.3) is 38.3 Å². The Bertz CT molecular complexity index is 2650. The Kier molecular flexibility index (Phi) is 6.89. The third-order valence-corrected chi connectivity index (χ3v) is 12.4. The standard InChI is InChI=1S/C51H40N2/c1-2-47-52-45-25-7-8-26-46(45)53(47)36-29-27-34(28-30-36)43-31-44(39-21-9-15-32-13-3-5-19-37(32)39)50-41-23-11-17-35-18-12-24-42(48(35)41)51(50)49(43)40-22-10-16-33-14-4-6-20-38(33)40/h3-31,38,40,43,47,49,52H,2H2,1H3. The second-order valence-corrected chi connectivity index (χ2v) is 15.1. The summed E-state index contributed by atoms with van der Waals surface area (Å²) in [6, 6.07) is 47.9.